The molecule has 0 aliphatic heterocycles. The van der Waals surface area contributed by atoms with Crippen LogP contribution in [0.25, 0.3) is 0 Å². The normalized spacial score (nSPS) is 12.9. The van der Waals surface area contributed by atoms with Crippen molar-refractivity contribution in [3.05, 3.63) is 12.3 Å². The van der Waals surface area contributed by atoms with E-state index in [0.29, 0.717) is 0 Å². The summed E-state index contributed by atoms with van der Waals surface area (Å²) in [5.41, 5.74) is 6.24. The van der Waals surface area contributed by atoms with Gasteiger partial charge in [-0.25, -0.2) is 0 Å². The van der Waals surface area contributed by atoms with Gasteiger partial charge in [-0.2, -0.15) is 0 Å². The summed E-state index contributed by atoms with van der Waals surface area (Å²) in [6.45, 7) is 4.92. The Kier molecular flexibility index (Phi) is 4.88. The molecule has 0 saturated heterocycles. The summed E-state index contributed by atoms with van der Waals surface area (Å²) in [6, 6.07) is 0. The number of nitrogens with two attached hydrogens (primary N) is 1. The maximum absolute atomic E-state index is 5.17. The summed E-state index contributed by atoms with van der Waals surface area (Å²) in [4.78, 5) is 4.18. The molecule has 0 saturated carbocycles. The average Bonchev–Trinajstić information content (AvgIpc) is 1.88. The highest BCUT2D eigenvalue weighted by Gasteiger charge is 1.84. The van der Waals surface area contributed by atoms with E-state index in [0.717, 1.165) is 18.7 Å². The summed E-state index contributed by atoms with van der Waals surface area (Å²) in [6.07, 6.45) is 4.32. The Balaban J connectivity index is 3.81. The molecule has 0 radical (unpaired) electrons. The van der Waals surface area contributed by atoms with Crippen LogP contribution in [0.15, 0.2) is 17.3 Å². The van der Waals surface area contributed by atoms with Crippen LogP contribution in [0.1, 0.15) is 20.3 Å². The molecule has 0 rings (SSSR count). The molecule has 0 aromatic carbocycles. The van der Waals surface area contributed by atoms with Crippen LogP contribution in [0.2, 0.25) is 0 Å². The van der Waals surface area contributed by atoms with Gasteiger partial charge in [-0.15, -0.1) is 0 Å². The minimum absolute atomic E-state index is 0.841. The third kappa shape index (κ3) is 3.76. The first-order chi connectivity index (χ1) is 4.35. The summed E-state index contributed by atoms with van der Waals surface area (Å²) < 4.78 is 0. The first-order valence-corrected chi connectivity index (χ1v) is 3.26. The van der Waals surface area contributed by atoms with Crippen molar-refractivity contribution < 1.29 is 0 Å². The highest BCUT2D eigenvalue weighted by molar-refractivity contribution is 5.94. The highest BCUT2D eigenvalue weighted by Crippen LogP contribution is 1.86. The number of hydrogen-bond acceptors (Lipinski definition) is 2. The standard InChI is InChI=1S/C7H14N2/c1-3-7(5-6-8)9-4-2/h5-6H,3-4,8H2,1-2H3/b6-5-,9-7?. The Morgan fingerprint density at radius 3 is 2.56 bits per heavy atom. The van der Waals surface area contributed by atoms with Gasteiger partial charge in [-0.05, 0) is 25.6 Å². The van der Waals surface area contributed by atoms with Crippen LogP contribution in [0, 0.1) is 0 Å². The van der Waals surface area contributed by atoms with E-state index < -0.39 is 0 Å². The molecule has 0 amide bonds. The zero-order chi connectivity index (χ0) is 7.11. The summed E-state index contributed by atoms with van der Waals surface area (Å²) in [7, 11) is 0. The lowest BCUT2D eigenvalue weighted by Crippen LogP contribution is -1.93. The zero-order valence-electron chi connectivity index (χ0n) is 6.09. The van der Waals surface area contributed by atoms with Crippen molar-refractivity contribution >= 4 is 5.71 Å². The fourth-order valence-corrected chi connectivity index (χ4v) is 0.597. The average molecular weight is 126 g/mol. The fraction of sp³-hybridized carbons (Fsp3) is 0.571. The Hall–Kier alpha value is -0.790. The van der Waals surface area contributed by atoms with Gasteiger partial charge in [0.25, 0.3) is 0 Å². The molecule has 0 bridgehead atoms. The molecule has 9 heavy (non-hydrogen) atoms. The Bertz CT molecular complexity index is 114. The van der Waals surface area contributed by atoms with Gasteiger partial charge in [0.05, 0.1) is 0 Å². The molecule has 0 aliphatic carbocycles. The first-order valence-electron chi connectivity index (χ1n) is 3.26. The van der Waals surface area contributed by atoms with E-state index in [1.54, 1.807) is 0 Å². The van der Waals surface area contributed by atoms with E-state index in [1.807, 2.05) is 13.0 Å². The van der Waals surface area contributed by atoms with Crippen molar-refractivity contribution in [2.45, 2.75) is 20.3 Å². The van der Waals surface area contributed by atoms with Crippen molar-refractivity contribution in [1.29, 1.82) is 0 Å². The Morgan fingerprint density at radius 1 is 1.56 bits per heavy atom. The van der Waals surface area contributed by atoms with E-state index in [2.05, 4.69) is 11.9 Å². The quantitative estimate of drug-likeness (QED) is 0.569. The van der Waals surface area contributed by atoms with E-state index in [9.17, 15) is 0 Å². The number of aliphatic imine (C=N–C) groups is 1. The molecule has 0 aromatic rings. The molecule has 0 aliphatic rings. The van der Waals surface area contributed by atoms with Crippen LogP contribution in [-0.4, -0.2) is 12.3 Å². The van der Waals surface area contributed by atoms with Crippen LogP contribution in [0.3, 0.4) is 0 Å². The maximum atomic E-state index is 5.17. The number of allylic oxidation sites excluding steroid dienone is 1. The zero-order valence-corrected chi connectivity index (χ0v) is 6.09. The molecule has 2 heteroatoms. The second-order valence-corrected chi connectivity index (χ2v) is 1.68. The van der Waals surface area contributed by atoms with Gasteiger partial charge in [-0.3, -0.25) is 4.99 Å². The van der Waals surface area contributed by atoms with E-state index in [4.69, 9.17) is 5.73 Å². The predicted octanol–water partition coefficient (Wildman–Crippen LogP) is 1.33. The molecule has 52 valence electrons. The SMILES string of the molecule is CCN=C(/C=C\N)CC. The number of rotatable bonds is 3. The van der Waals surface area contributed by atoms with Crippen molar-refractivity contribution in [3.63, 3.8) is 0 Å². The van der Waals surface area contributed by atoms with Crippen LogP contribution >= 0.6 is 0 Å². The maximum Gasteiger partial charge on any atom is 0.0364 e. The lowest BCUT2D eigenvalue weighted by Gasteiger charge is -1.91. The number of hydrogen-bond donors (Lipinski definition) is 1. The van der Waals surface area contributed by atoms with Crippen molar-refractivity contribution in [2.75, 3.05) is 6.54 Å². The van der Waals surface area contributed by atoms with Crippen LogP contribution in [0.5, 0.6) is 0 Å². The Morgan fingerprint density at radius 2 is 2.22 bits per heavy atom. The predicted molar refractivity (Wildman–Crippen MR) is 41.6 cm³/mol. The van der Waals surface area contributed by atoms with Crippen molar-refractivity contribution in [3.8, 4) is 0 Å². The van der Waals surface area contributed by atoms with Gasteiger partial charge in [-0.1, -0.05) is 6.92 Å². The summed E-state index contributed by atoms with van der Waals surface area (Å²) in [5.74, 6) is 0. The van der Waals surface area contributed by atoms with Crippen LogP contribution in [-0.2, 0) is 0 Å². The largest absolute Gasteiger partial charge is 0.405 e. The number of nitrogens with zero attached hydrogens (tertiary/aromatic N) is 1. The minimum Gasteiger partial charge on any atom is -0.405 e. The van der Waals surface area contributed by atoms with Crippen LogP contribution in [0.4, 0.5) is 0 Å². The fourth-order valence-electron chi connectivity index (χ4n) is 0.597. The smallest absolute Gasteiger partial charge is 0.0364 e. The van der Waals surface area contributed by atoms with E-state index in [-0.39, 0.29) is 0 Å². The van der Waals surface area contributed by atoms with Crippen LogP contribution < -0.4 is 5.73 Å². The highest BCUT2D eigenvalue weighted by atomic mass is 14.7. The molecule has 0 heterocycles. The summed E-state index contributed by atoms with van der Waals surface area (Å²) in [5, 5.41) is 0. The van der Waals surface area contributed by atoms with Crippen molar-refractivity contribution in [2.24, 2.45) is 10.7 Å². The molecule has 0 fully saturated rings. The third-order valence-electron chi connectivity index (χ3n) is 1.01. The van der Waals surface area contributed by atoms with Gasteiger partial charge in [0, 0.05) is 12.3 Å². The lowest BCUT2D eigenvalue weighted by atomic mass is 10.3. The van der Waals surface area contributed by atoms with E-state index >= 15 is 0 Å². The molecular weight excluding hydrogens is 112 g/mol. The molecular formula is C7H14N2. The molecule has 0 atom stereocenters. The minimum atomic E-state index is 0.841. The third-order valence-corrected chi connectivity index (χ3v) is 1.01. The van der Waals surface area contributed by atoms with Gasteiger partial charge < -0.3 is 5.73 Å². The first kappa shape index (κ1) is 8.21. The van der Waals surface area contributed by atoms with E-state index in [1.165, 1.54) is 6.20 Å². The van der Waals surface area contributed by atoms with Gasteiger partial charge in [0.2, 0.25) is 0 Å². The van der Waals surface area contributed by atoms with Gasteiger partial charge >= 0.3 is 0 Å². The van der Waals surface area contributed by atoms with Gasteiger partial charge in [0.15, 0.2) is 0 Å². The molecule has 2 nitrogen and oxygen atoms in total. The topological polar surface area (TPSA) is 38.4 Å². The molecule has 0 unspecified atom stereocenters. The molecule has 0 spiro atoms. The molecule has 2 N–H and O–H groups in total. The second kappa shape index (κ2) is 5.35. The monoisotopic (exact) mass is 126 g/mol. The lowest BCUT2D eigenvalue weighted by molar-refractivity contribution is 1.10. The Labute approximate surface area is 56.5 Å². The van der Waals surface area contributed by atoms with Crippen molar-refractivity contribution in [1.82, 2.24) is 0 Å². The molecule has 0 aromatic heterocycles. The second-order valence-electron chi connectivity index (χ2n) is 1.68. The summed E-state index contributed by atoms with van der Waals surface area (Å²) >= 11 is 0. The van der Waals surface area contributed by atoms with Gasteiger partial charge in [0.1, 0.15) is 0 Å².